The molecule has 0 radical (unpaired) electrons. The first-order valence-electron chi connectivity index (χ1n) is 17.4. The van der Waals surface area contributed by atoms with Gasteiger partial charge in [0.05, 0.1) is 12.1 Å². The number of hydrogen-bond donors (Lipinski definition) is 0. The number of rotatable bonds is 16. The molecule has 3 aromatic carbocycles. The molecule has 0 aliphatic heterocycles. The summed E-state index contributed by atoms with van der Waals surface area (Å²) in [6.07, 6.45) is -0.530. The van der Waals surface area contributed by atoms with Crippen molar-refractivity contribution in [2.45, 2.75) is 86.0 Å². The molecule has 3 aromatic rings. The molecule has 1 amide bonds. The zero-order valence-electron chi connectivity index (χ0n) is 29.8. The molecule has 0 bridgehead atoms. The van der Waals surface area contributed by atoms with Crippen molar-refractivity contribution < 1.29 is 22.4 Å². The van der Waals surface area contributed by atoms with Gasteiger partial charge in [-0.1, -0.05) is 68.0 Å². The van der Waals surface area contributed by atoms with Crippen LogP contribution in [-0.2, 0) is 23.9 Å². The van der Waals surface area contributed by atoms with E-state index in [1.807, 2.05) is 41.3 Å². The number of likely N-dealkylation sites (N-methyl/N-ethyl adjacent to an activating group) is 1. The van der Waals surface area contributed by atoms with Gasteiger partial charge in [0, 0.05) is 31.4 Å². The van der Waals surface area contributed by atoms with E-state index in [9.17, 15) is 22.4 Å². The van der Waals surface area contributed by atoms with E-state index in [0.29, 0.717) is 18.7 Å². The zero-order valence-corrected chi connectivity index (χ0v) is 29.8. The highest BCUT2D eigenvalue weighted by molar-refractivity contribution is 5.78. The summed E-state index contributed by atoms with van der Waals surface area (Å²) in [6.45, 7) is 16.6. The summed E-state index contributed by atoms with van der Waals surface area (Å²) in [5.74, 6) is -0.211. The fourth-order valence-corrected chi connectivity index (χ4v) is 6.19. The Morgan fingerprint density at radius 1 is 0.796 bits per heavy atom. The number of carbonyl (C=O) groups is 1. The first-order valence-corrected chi connectivity index (χ1v) is 17.4. The van der Waals surface area contributed by atoms with Gasteiger partial charge in [0.1, 0.15) is 5.82 Å². The van der Waals surface area contributed by atoms with Crippen LogP contribution in [-0.4, -0.2) is 59.4 Å². The van der Waals surface area contributed by atoms with Crippen LogP contribution in [0, 0.1) is 5.82 Å². The van der Waals surface area contributed by atoms with E-state index in [-0.39, 0.29) is 24.3 Å². The Balaban J connectivity index is 1.56. The minimum Gasteiger partial charge on any atom is -0.363 e. The van der Waals surface area contributed by atoms with E-state index < -0.39 is 11.7 Å². The Hall–Kier alpha value is -3.91. The van der Waals surface area contributed by atoms with E-state index in [0.717, 1.165) is 79.8 Å². The lowest BCUT2D eigenvalue weighted by molar-refractivity contribution is -0.137. The van der Waals surface area contributed by atoms with E-state index in [1.165, 1.54) is 41.0 Å². The molecule has 0 aromatic heterocycles. The van der Waals surface area contributed by atoms with Gasteiger partial charge in [-0.05, 0) is 124 Å². The third kappa shape index (κ3) is 10.8. The molecule has 4 nitrogen and oxygen atoms in total. The molecule has 1 saturated carbocycles. The number of alkyl halides is 3. The quantitative estimate of drug-likeness (QED) is 0.141. The van der Waals surface area contributed by atoms with Crippen LogP contribution >= 0.6 is 0 Å². The molecule has 0 saturated heterocycles. The number of amides is 1. The number of benzene rings is 3. The number of aryl methyl sites for hydroxylation is 1. The lowest BCUT2D eigenvalue weighted by atomic mass is 10.0. The molecular weight excluding hydrogens is 626 g/mol. The van der Waals surface area contributed by atoms with Crippen molar-refractivity contribution >= 4 is 5.91 Å². The summed E-state index contributed by atoms with van der Waals surface area (Å²) >= 11 is 0. The molecule has 4 rings (SSSR count). The van der Waals surface area contributed by atoms with Crippen LogP contribution in [0.3, 0.4) is 0 Å². The highest BCUT2D eigenvalue weighted by atomic mass is 19.4. The summed E-state index contributed by atoms with van der Waals surface area (Å²) < 4.78 is 52.7. The van der Waals surface area contributed by atoms with Crippen LogP contribution in [0.1, 0.15) is 77.5 Å². The molecule has 0 spiro atoms. The Kier molecular flexibility index (Phi) is 13.3. The van der Waals surface area contributed by atoms with Crippen molar-refractivity contribution in [1.29, 1.82) is 0 Å². The topological polar surface area (TPSA) is 26.8 Å². The van der Waals surface area contributed by atoms with Gasteiger partial charge in [-0.3, -0.25) is 4.79 Å². The Bertz CT molecular complexity index is 1580. The molecule has 0 N–H and O–H groups in total. The number of nitrogens with zero attached hydrogens (tertiary/aromatic N) is 3. The second-order valence-electron chi connectivity index (χ2n) is 13.2. The average Bonchev–Trinajstić information content (AvgIpc) is 3.95. The second-order valence-corrected chi connectivity index (χ2v) is 13.2. The summed E-state index contributed by atoms with van der Waals surface area (Å²) in [6, 6.07) is 19.6. The fourth-order valence-electron chi connectivity index (χ4n) is 6.19. The predicted molar refractivity (Wildman–Crippen MR) is 191 cm³/mol. The summed E-state index contributed by atoms with van der Waals surface area (Å²) in [4.78, 5) is 20.8. The molecule has 264 valence electrons. The third-order valence-corrected chi connectivity index (χ3v) is 9.97. The van der Waals surface area contributed by atoms with Crippen LogP contribution in [0.15, 0.2) is 95.2 Å². The van der Waals surface area contributed by atoms with Gasteiger partial charge in [0.25, 0.3) is 0 Å². The third-order valence-electron chi connectivity index (χ3n) is 9.97. The van der Waals surface area contributed by atoms with Crippen molar-refractivity contribution in [3.05, 3.63) is 118 Å². The maximum atomic E-state index is 14.3. The molecule has 0 heterocycles. The number of halogens is 4. The van der Waals surface area contributed by atoms with Gasteiger partial charge in [0.2, 0.25) is 5.91 Å². The zero-order chi connectivity index (χ0) is 35.7. The predicted octanol–water partition coefficient (Wildman–Crippen LogP) is 9.91. The van der Waals surface area contributed by atoms with Crippen LogP contribution in [0.4, 0.5) is 17.6 Å². The Morgan fingerprint density at radius 3 is 1.88 bits per heavy atom. The first-order chi connectivity index (χ1) is 23.3. The van der Waals surface area contributed by atoms with Crippen LogP contribution < -0.4 is 0 Å². The van der Waals surface area contributed by atoms with E-state index in [2.05, 4.69) is 51.3 Å². The lowest BCUT2D eigenvalue weighted by Crippen LogP contribution is -2.45. The largest absolute Gasteiger partial charge is 0.416 e. The van der Waals surface area contributed by atoms with Gasteiger partial charge in [-0.25, -0.2) is 4.39 Å². The highest BCUT2D eigenvalue weighted by Gasteiger charge is 2.30. The Morgan fingerprint density at radius 2 is 1.35 bits per heavy atom. The molecule has 1 fully saturated rings. The molecule has 1 aliphatic carbocycles. The van der Waals surface area contributed by atoms with Gasteiger partial charge in [0.15, 0.2) is 0 Å². The van der Waals surface area contributed by atoms with Crippen LogP contribution in [0.25, 0.3) is 11.1 Å². The highest BCUT2D eigenvalue weighted by Crippen LogP contribution is 2.36. The lowest BCUT2D eigenvalue weighted by Gasteiger charge is -2.35. The van der Waals surface area contributed by atoms with Gasteiger partial charge < -0.3 is 14.7 Å². The van der Waals surface area contributed by atoms with E-state index >= 15 is 0 Å². The van der Waals surface area contributed by atoms with E-state index in [1.54, 1.807) is 0 Å². The molecule has 1 unspecified atom stereocenters. The van der Waals surface area contributed by atoms with Crippen molar-refractivity contribution in [3.63, 3.8) is 0 Å². The van der Waals surface area contributed by atoms with E-state index in [4.69, 9.17) is 0 Å². The number of carbonyl (C=O) groups excluding carboxylic acids is 1. The number of allylic oxidation sites excluding steroid dienone is 4. The average molecular weight is 678 g/mol. The maximum absolute atomic E-state index is 14.3. The summed E-state index contributed by atoms with van der Waals surface area (Å²) in [5, 5.41) is 0. The summed E-state index contributed by atoms with van der Waals surface area (Å²) in [7, 11) is 0. The minimum atomic E-state index is -4.38. The first kappa shape index (κ1) is 37.9. The van der Waals surface area contributed by atoms with Crippen molar-refractivity contribution in [3.8, 4) is 11.1 Å². The molecule has 49 heavy (non-hydrogen) atoms. The van der Waals surface area contributed by atoms with Gasteiger partial charge in [-0.15, -0.1) is 0 Å². The smallest absolute Gasteiger partial charge is 0.363 e. The summed E-state index contributed by atoms with van der Waals surface area (Å²) in [5.41, 5.74) is 7.96. The Labute approximate surface area is 290 Å². The minimum absolute atomic E-state index is 0.0384. The molecule has 1 aliphatic rings. The SMILES string of the molecule is CCN(CC)CCN(Cc1ccc(-c2ccc(C(F)(F)F)cc2)cc1)C(=O)CN(/C(C)=C(/C)C(C)=C1CC1)C(C)CCc1ccc(F)cc1. The monoisotopic (exact) mass is 677 g/mol. The van der Waals surface area contributed by atoms with Crippen LogP contribution in [0.2, 0.25) is 0 Å². The van der Waals surface area contributed by atoms with Crippen molar-refractivity contribution in [2.24, 2.45) is 0 Å². The van der Waals surface area contributed by atoms with Crippen molar-refractivity contribution in [2.75, 3.05) is 32.7 Å². The standard InChI is InChI=1S/C41H51F4N3O/c1-7-46(8-2)25-26-47(27-34-11-15-36(16-12-34)37-19-21-38(22-20-37)41(43,44)45)40(49)28-48(32(6)30(4)31(5)35-17-18-35)29(3)9-10-33-13-23-39(42)24-14-33/h11-16,19-24,29H,7-10,17-18,25-28H2,1-6H3/b32-30-. The van der Waals surface area contributed by atoms with Gasteiger partial charge in [-0.2, -0.15) is 13.2 Å². The fraction of sp³-hybridized carbons (Fsp3) is 0.439. The molecule has 8 heteroatoms. The molecule has 1 atom stereocenters. The van der Waals surface area contributed by atoms with Crippen LogP contribution in [0.5, 0.6) is 0 Å². The second kappa shape index (κ2) is 17.1. The number of hydrogen-bond acceptors (Lipinski definition) is 3. The normalized spacial score (nSPS) is 14.1. The maximum Gasteiger partial charge on any atom is 0.416 e. The molecular formula is C41H51F4N3O. The van der Waals surface area contributed by atoms with Crippen molar-refractivity contribution in [1.82, 2.24) is 14.7 Å². The van der Waals surface area contributed by atoms with Gasteiger partial charge >= 0.3 is 6.18 Å².